The highest BCUT2D eigenvalue weighted by Gasteiger charge is 2.41. The summed E-state index contributed by atoms with van der Waals surface area (Å²) in [6, 6.07) is 2.52. The number of amides is 3. The van der Waals surface area contributed by atoms with Gasteiger partial charge in [-0.25, -0.2) is 0 Å². The van der Waals surface area contributed by atoms with Crippen LogP contribution in [0.4, 0.5) is 0 Å². The summed E-state index contributed by atoms with van der Waals surface area (Å²) in [5.74, 6) is -1.15. The van der Waals surface area contributed by atoms with Crippen LogP contribution >= 0.6 is 0 Å². The normalized spacial score (nSPS) is 26.2. The molecule has 7 nitrogen and oxygen atoms in total. The van der Waals surface area contributed by atoms with Crippen LogP contribution in [0.2, 0.25) is 0 Å². The zero-order valence-corrected chi connectivity index (χ0v) is 10.6. The van der Waals surface area contributed by atoms with Crippen molar-refractivity contribution in [1.29, 1.82) is 0 Å². The van der Waals surface area contributed by atoms with E-state index < -0.39 is 24.1 Å². The van der Waals surface area contributed by atoms with Crippen LogP contribution in [0.5, 0.6) is 0 Å². The molecule has 3 rings (SSSR count). The molecule has 2 aliphatic rings. The fourth-order valence-electron chi connectivity index (χ4n) is 2.62. The molecule has 104 valence electrons. The maximum atomic E-state index is 12.4. The van der Waals surface area contributed by atoms with Gasteiger partial charge in [0.05, 0.1) is 23.7 Å². The average Bonchev–Trinajstić information content (AvgIpc) is 2.41. The van der Waals surface area contributed by atoms with Gasteiger partial charge < -0.3 is 10.4 Å². The van der Waals surface area contributed by atoms with Crippen LogP contribution in [0.25, 0.3) is 0 Å². The van der Waals surface area contributed by atoms with Crippen LogP contribution < -0.4 is 5.32 Å². The van der Waals surface area contributed by atoms with Crippen LogP contribution in [-0.2, 0) is 16.0 Å². The third kappa shape index (κ3) is 1.96. The van der Waals surface area contributed by atoms with Crippen molar-refractivity contribution in [1.82, 2.24) is 15.2 Å². The van der Waals surface area contributed by atoms with Crippen molar-refractivity contribution < 1.29 is 19.5 Å². The number of hydrogen-bond donors (Lipinski definition) is 2. The predicted molar refractivity (Wildman–Crippen MR) is 66.3 cm³/mol. The molecule has 2 atom stereocenters. The molecule has 0 aliphatic carbocycles. The number of pyridine rings is 1. The maximum absolute atomic E-state index is 12.4. The number of rotatable bonds is 1. The molecule has 20 heavy (non-hydrogen) atoms. The number of carbonyl (C=O) groups is 3. The summed E-state index contributed by atoms with van der Waals surface area (Å²) >= 11 is 0. The number of aromatic nitrogens is 1. The third-order valence-electron chi connectivity index (χ3n) is 3.60. The van der Waals surface area contributed by atoms with Gasteiger partial charge in [-0.3, -0.25) is 24.3 Å². The van der Waals surface area contributed by atoms with Crippen LogP contribution in [0.3, 0.4) is 0 Å². The van der Waals surface area contributed by atoms with Gasteiger partial charge in [-0.1, -0.05) is 0 Å². The first-order valence-corrected chi connectivity index (χ1v) is 6.35. The predicted octanol–water partition coefficient (Wildman–Crippen LogP) is -0.797. The third-order valence-corrected chi connectivity index (χ3v) is 3.60. The molecule has 3 heterocycles. The Balaban J connectivity index is 1.93. The Hall–Kier alpha value is -2.28. The number of hydrogen-bond acceptors (Lipinski definition) is 5. The molecule has 0 aromatic carbocycles. The Kier molecular flexibility index (Phi) is 2.98. The molecule has 1 aromatic heterocycles. The van der Waals surface area contributed by atoms with E-state index in [-0.39, 0.29) is 25.2 Å². The van der Waals surface area contributed by atoms with E-state index in [0.29, 0.717) is 11.3 Å². The molecule has 0 radical (unpaired) electrons. The van der Waals surface area contributed by atoms with E-state index in [4.69, 9.17) is 0 Å². The molecule has 0 saturated carbocycles. The van der Waals surface area contributed by atoms with Crippen molar-refractivity contribution in [3.8, 4) is 0 Å². The van der Waals surface area contributed by atoms with E-state index in [1.54, 1.807) is 12.1 Å². The van der Waals surface area contributed by atoms with Crippen LogP contribution in [0, 0.1) is 0 Å². The van der Waals surface area contributed by atoms with Gasteiger partial charge in [-0.2, -0.15) is 0 Å². The molecule has 1 saturated heterocycles. The summed E-state index contributed by atoms with van der Waals surface area (Å²) in [6.07, 6.45) is 0.783. The van der Waals surface area contributed by atoms with Crippen LogP contribution in [-0.4, -0.2) is 45.0 Å². The number of imide groups is 1. The molecule has 7 heteroatoms. The van der Waals surface area contributed by atoms with Gasteiger partial charge in [-0.15, -0.1) is 0 Å². The second-order valence-electron chi connectivity index (χ2n) is 4.86. The topological polar surface area (TPSA) is 99.6 Å². The van der Waals surface area contributed by atoms with E-state index in [1.807, 2.05) is 0 Å². The average molecular weight is 275 g/mol. The summed E-state index contributed by atoms with van der Waals surface area (Å²) in [6.45, 7) is 0. The minimum atomic E-state index is -1.22. The fraction of sp³-hybridized carbons (Fsp3) is 0.385. The molecule has 2 N–H and O–H groups in total. The summed E-state index contributed by atoms with van der Waals surface area (Å²) in [5, 5.41) is 12.2. The Morgan fingerprint density at radius 1 is 1.35 bits per heavy atom. The molecule has 2 aliphatic heterocycles. The van der Waals surface area contributed by atoms with Gasteiger partial charge in [0.25, 0.3) is 5.91 Å². The minimum Gasteiger partial charge on any atom is -0.372 e. The van der Waals surface area contributed by atoms with Crippen molar-refractivity contribution in [2.24, 2.45) is 0 Å². The Bertz CT molecular complexity index is 601. The van der Waals surface area contributed by atoms with Crippen molar-refractivity contribution in [2.75, 3.05) is 0 Å². The maximum Gasteiger partial charge on any atom is 0.262 e. The summed E-state index contributed by atoms with van der Waals surface area (Å²) < 4.78 is 0. The van der Waals surface area contributed by atoms with Gasteiger partial charge in [0, 0.05) is 12.6 Å². The van der Waals surface area contributed by atoms with Gasteiger partial charge in [0.2, 0.25) is 11.8 Å². The van der Waals surface area contributed by atoms with Crippen molar-refractivity contribution in [3.63, 3.8) is 0 Å². The van der Waals surface area contributed by atoms with E-state index in [9.17, 15) is 19.5 Å². The highest BCUT2D eigenvalue weighted by Crippen LogP contribution is 2.24. The smallest absolute Gasteiger partial charge is 0.262 e. The van der Waals surface area contributed by atoms with Crippen molar-refractivity contribution in [2.45, 2.75) is 31.5 Å². The van der Waals surface area contributed by atoms with Gasteiger partial charge in [-0.05, 0) is 18.6 Å². The van der Waals surface area contributed by atoms with Crippen molar-refractivity contribution in [3.05, 3.63) is 29.6 Å². The first kappa shape index (κ1) is 12.7. The second kappa shape index (κ2) is 4.68. The van der Waals surface area contributed by atoms with E-state index in [1.165, 1.54) is 6.20 Å². The summed E-state index contributed by atoms with van der Waals surface area (Å²) in [4.78, 5) is 40.8. The number of aliphatic hydroxyl groups is 1. The number of aliphatic hydroxyl groups excluding tert-OH is 1. The quantitative estimate of drug-likeness (QED) is 0.654. The Morgan fingerprint density at radius 2 is 2.15 bits per heavy atom. The van der Waals surface area contributed by atoms with E-state index >= 15 is 0 Å². The first-order chi connectivity index (χ1) is 9.58. The lowest BCUT2D eigenvalue weighted by Crippen LogP contribution is -2.60. The standard InChI is InChI=1S/C13H13N3O4/c17-10-4-3-9(12(19)15-10)16-11(18)6-8-7(13(16)20)2-1-5-14-8/h1-2,5,9,12,19H,3-4,6H2,(H,15,17). The molecule has 1 aromatic rings. The zero-order valence-electron chi connectivity index (χ0n) is 10.6. The Labute approximate surface area is 114 Å². The number of nitrogens with zero attached hydrogens (tertiary/aromatic N) is 2. The zero-order chi connectivity index (χ0) is 14.3. The monoisotopic (exact) mass is 275 g/mol. The van der Waals surface area contributed by atoms with Gasteiger partial charge in [0.1, 0.15) is 6.23 Å². The van der Waals surface area contributed by atoms with E-state index in [0.717, 1.165) is 4.90 Å². The number of nitrogens with one attached hydrogen (secondary N) is 1. The van der Waals surface area contributed by atoms with E-state index in [2.05, 4.69) is 10.3 Å². The number of fused-ring (bicyclic) bond motifs is 1. The van der Waals surface area contributed by atoms with Gasteiger partial charge >= 0.3 is 0 Å². The highest BCUT2D eigenvalue weighted by molar-refractivity contribution is 6.09. The molecule has 0 spiro atoms. The number of piperidine rings is 1. The highest BCUT2D eigenvalue weighted by atomic mass is 16.3. The molecule has 2 unspecified atom stereocenters. The summed E-state index contributed by atoms with van der Waals surface area (Å²) in [5.41, 5.74) is 0.823. The second-order valence-corrected chi connectivity index (χ2v) is 4.86. The van der Waals surface area contributed by atoms with Gasteiger partial charge in [0.15, 0.2) is 0 Å². The van der Waals surface area contributed by atoms with Crippen molar-refractivity contribution >= 4 is 17.7 Å². The fourth-order valence-corrected chi connectivity index (χ4v) is 2.62. The molecule has 0 bridgehead atoms. The lowest BCUT2D eigenvalue weighted by Gasteiger charge is -2.38. The SMILES string of the molecule is O=C1CCC(N2C(=O)Cc3ncccc3C2=O)C(O)N1. The Morgan fingerprint density at radius 3 is 2.90 bits per heavy atom. The molecule has 1 fully saturated rings. The minimum absolute atomic E-state index is 0.0269. The first-order valence-electron chi connectivity index (χ1n) is 6.35. The lowest BCUT2D eigenvalue weighted by atomic mass is 9.97. The summed E-state index contributed by atoms with van der Waals surface area (Å²) in [7, 11) is 0. The largest absolute Gasteiger partial charge is 0.372 e. The lowest BCUT2D eigenvalue weighted by molar-refractivity contribution is -0.139. The molecule has 3 amide bonds. The van der Waals surface area contributed by atoms with Crippen LogP contribution in [0.1, 0.15) is 28.9 Å². The molecular formula is C13H13N3O4. The molecular weight excluding hydrogens is 262 g/mol. The number of carbonyl (C=O) groups excluding carboxylic acids is 3. The van der Waals surface area contributed by atoms with Crippen LogP contribution in [0.15, 0.2) is 18.3 Å².